The molecule has 5 rings (SSSR count). The van der Waals surface area contributed by atoms with Crippen LogP contribution in [0, 0.1) is 6.92 Å². The van der Waals surface area contributed by atoms with Gasteiger partial charge in [0.2, 0.25) is 0 Å². The van der Waals surface area contributed by atoms with Gasteiger partial charge in [-0.15, -0.1) is 0 Å². The molecule has 0 bridgehead atoms. The molecule has 37 heavy (non-hydrogen) atoms. The Morgan fingerprint density at radius 3 is 2.35 bits per heavy atom. The fourth-order valence-corrected chi connectivity index (χ4v) is 4.88. The number of rotatable bonds is 6. The summed E-state index contributed by atoms with van der Waals surface area (Å²) in [6.45, 7) is 4.46. The second kappa shape index (κ2) is 10.9. The zero-order chi connectivity index (χ0) is 25.8. The number of hydrogen-bond acceptors (Lipinski definition) is 4. The van der Waals surface area contributed by atoms with Gasteiger partial charge in [0.15, 0.2) is 6.61 Å². The number of nitrogens with zero attached hydrogens (tertiary/aromatic N) is 2. The van der Waals surface area contributed by atoms with Crippen LogP contribution in [0.1, 0.15) is 15.9 Å². The average Bonchev–Trinajstić information content (AvgIpc) is 2.92. The van der Waals surface area contributed by atoms with Crippen molar-refractivity contribution in [2.45, 2.75) is 6.92 Å². The minimum absolute atomic E-state index is 0.0628. The van der Waals surface area contributed by atoms with Crippen LogP contribution in [-0.2, 0) is 4.79 Å². The Bertz CT molecular complexity index is 1450. The maximum absolute atomic E-state index is 12.9. The van der Waals surface area contributed by atoms with E-state index in [4.69, 9.17) is 16.3 Å². The first-order valence-electron chi connectivity index (χ1n) is 12.3. The first-order chi connectivity index (χ1) is 18.0. The molecule has 0 atom stereocenters. The molecule has 188 valence electrons. The molecule has 0 saturated carbocycles. The van der Waals surface area contributed by atoms with Crippen LogP contribution in [0.3, 0.4) is 0 Å². The van der Waals surface area contributed by atoms with Gasteiger partial charge in [-0.3, -0.25) is 9.59 Å². The average molecular weight is 514 g/mol. The number of hydrogen-bond donors (Lipinski definition) is 1. The van der Waals surface area contributed by atoms with Gasteiger partial charge in [-0.05, 0) is 59.7 Å². The van der Waals surface area contributed by atoms with Crippen LogP contribution < -0.4 is 15.0 Å². The number of halogens is 1. The van der Waals surface area contributed by atoms with Crippen molar-refractivity contribution in [3.8, 4) is 5.75 Å². The van der Waals surface area contributed by atoms with E-state index in [1.807, 2.05) is 90.7 Å². The molecule has 0 radical (unpaired) electrons. The quantitative estimate of drug-likeness (QED) is 0.355. The summed E-state index contributed by atoms with van der Waals surface area (Å²) < 4.78 is 5.68. The van der Waals surface area contributed by atoms with Crippen molar-refractivity contribution in [1.82, 2.24) is 4.90 Å². The van der Waals surface area contributed by atoms with Gasteiger partial charge in [-0.2, -0.15) is 0 Å². The maximum atomic E-state index is 12.9. The first-order valence-corrected chi connectivity index (χ1v) is 12.7. The molecule has 1 N–H and O–H groups in total. The third-order valence-corrected chi connectivity index (χ3v) is 6.91. The van der Waals surface area contributed by atoms with E-state index in [-0.39, 0.29) is 18.4 Å². The molecule has 1 aliphatic heterocycles. The van der Waals surface area contributed by atoms with E-state index in [0.717, 1.165) is 27.6 Å². The maximum Gasteiger partial charge on any atom is 0.262 e. The van der Waals surface area contributed by atoms with Crippen molar-refractivity contribution < 1.29 is 14.3 Å². The van der Waals surface area contributed by atoms with Gasteiger partial charge >= 0.3 is 0 Å². The third kappa shape index (κ3) is 5.70. The Balaban J connectivity index is 1.15. The van der Waals surface area contributed by atoms with Gasteiger partial charge < -0.3 is 19.9 Å². The largest absolute Gasteiger partial charge is 0.484 e. The van der Waals surface area contributed by atoms with Crippen molar-refractivity contribution in [2.75, 3.05) is 43.0 Å². The van der Waals surface area contributed by atoms with Crippen molar-refractivity contribution in [3.63, 3.8) is 0 Å². The highest BCUT2D eigenvalue weighted by atomic mass is 35.5. The van der Waals surface area contributed by atoms with E-state index >= 15 is 0 Å². The molecule has 1 fully saturated rings. The first kappa shape index (κ1) is 24.7. The van der Waals surface area contributed by atoms with E-state index in [2.05, 4.69) is 10.2 Å². The van der Waals surface area contributed by atoms with E-state index < -0.39 is 0 Å². The molecule has 7 heteroatoms. The summed E-state index contributed by atoms with van der Waals surface area (Å²) in [6.07, 6.45) is 0. The Labute approximate surface area is 221 Å². The number of fused-ring (bicyclic) bond motifs is 1. The molecule has 0 unspecified atom stereocenters. The number of nitrogens with one attached hydrogen (secondary N) is 1. The third-order valence-electron chi connectivity index (χ3n) is 6.61. The van der Waals surface area contributed by atoms with Crippen LogP contribution in [-0.4, -0.2) is 49.5 Å². The summed E-state index contributed by atoms with van der Waals surface area (Å²) in [7, 11) is 0. The highest BCUT2D eigenvalue weighted by Crippen LogP contribution is 2.30. The number of amides is 2. The Morgan fingerprint density at radius 2 is 1.59 bits per heavy atom. The molecule has 2 amide bonds. The van der Waals surface area contributed by atoms with Crippen molar-refractivity contribution >= 4 is 45.6 Å². The Hall–Kier alpha value is -4.03. The Morgan fingerprint density at radius 1 is 0.865 bits per heavy atom. The van der Waals surface area contributed by atoms with Gasteiger partial charge in [-0.25, -0.2) is 0 Å². The summed E-state index contributed by atoms with van der Waals surface area (Å²) in [5, 5.41) is 5.57. The Kier molecular flexibility index (Phi) is 7.28. The van der Waals surface area contributed by atoms with E-state index in [9.17, 15) is 9.59 Å². The molecule has 4 aromatic carbocycles. The van der Waals surface area contributed by atoms with Gasteiger partial charge in [-0.1, -0.05) is 60.1 Å². The highest BCUT2D eigenvalue weighted by Gasteiger charge is 2.24. The topological polar surface area (TPSA) is 61.9 Å². The molecule has 0 aliphatic carbocycles. The van der Waals surface area contributed by atoms with Crippen LogP contribution in [0.4, 0.5) is 11.4 Å². The number of carbonyl (C=O) groups excluding carboxylic acids is 2. The van der Waals surface area contributed by atoms with E-state index in [1.165, 1.54) is 0 Å². The molecule has 1 heterocycles. The SMILES string of the molecule is Cc1ccccc1C(=O)N1CCN(c2ccc(NC(=O)COc3ccc4ccccc4c3)cc2Cl)CC1. The standard InChI is InChI=1S/C30H28ClN3O3/c1-21-6-2-5-9-26(21)30(36)34-16-14-33(15-17-34)28-13-11-24(19-27(28)31)32-29(35)20-37-25-12-10-22-7-3-4-8-23(22)18-25/h2-13,18-19H,14-17,20H2,1H3,(H,32,35). The lowest BCUT2D eigenvalue weighted by Gasteiger charge is -2.36. The van der Waals surface area contributed by atoms with Crippen LogP contribution in [0.5, 0.6) is 5.75 Å². The normalized spacial score (nSPS) is 13.5. The molecule has 6 nitrogen and oxygen atoms in total. The zero-order valence-corrected chi connectivity index (χ0v) is 21.4. The lowest BCUT2D eigenvalue weighted by molar-refractivity contribution is -0.118. The fraction of sp³-hybridized carbons (Fsp3) is 0.200. The summed E-state index contributed by atoms with van der Waals surface area (Å²) in [4.78, 5) is 29.4. The van der Waals surface area contributed by atoms with Gasteiger partial charge in [0.05, 0.1) is 10.7 Å². The van der Waals surface area contributed by atoms with Gasteiger partial charge in [0, 0.05) is 37.4 Å². The summed E-state index contributed by atoms with van der Waals surface area (Å²) in [6, 6.07) is 26.9. The molecule has 4 aromatic rings. The van der Waals surface area contributed by atoms with Crippen molar-refractivity contribution in [2.24, 2.45) is 0 Å². The molecular formula is C30H28ClN3O3. The summed E-state index contributed by atoms with van der Waals surface area (Å²) in [5.74, 6) is 0.440. The van der Waals surface area contributed by atoms with E-state index in [1.54, 1.807) is 6.07 Å². The number of anilines is 2. The number of carbonyl (C=O) groups is 2. The van der Waals surface area contributed by atoms with Crippen molar-refractivity contribution in [3.05, 3.63) is 101 Å². The van der Waals surface area contributed by atoms with Crippen LogP contribution in [0.15, 0.2) is 84.9 Å². The second-order valence-electron chi connectivity index (χ2n) is 9.11. The highest BCUT2D eigenvalue weighted by molar-refractivity contribution is 6.33. The lowest BCUT2D eigenvalue weighted by Crippen LogP contribution is -2.49. The van der Waals surface area contributed by atoms with Crippen molar-refractivity contribution in [1.29, 1.82) is 0 Å². The minimum atomic E-state index is -0.264. The number of piperazine rings is 1. The number of ether oxygens (including phenoxy) is 1. The lowest BCUT2D eigenvalue weighted by atomic mass is 10.1. The van der Waals surface area contributed by atoms with Gasteiger partial charge in [0.1, 0.15) is 5.75 Å². The molecular weight excluding hydrogens is 486 g/mol. The monoisotopic (exact) mass is 513 g/mol. The van der Waals surface area contributed by atoms with Gasteiger partial charge in [0.25, 0.3) is 11.8 Å². The number of benzene rings is 4. The van der Waals surface area contributed by atoms with Crippen LogP contribution in [0.2, 0.25) is 5.02 Å². The molecule has 1 saturated heterocycles. The van der Waals surface area contributed by atoms with Crippen LogP contribution >= 0.6 is 11.6 Å². The van der Waals surface area contributed by atoms with Crippen LogP contribution in [0.25, 0.3) is 10.8 Å². The second-order valence-corrected chi connectivity index (χ2v) is 9.51. The van der Waals surface area contributed by atoms with E-state index in [0.29, 0.717) is 42.6 Å². The summed E-state index contributed by atoms with van der Waals surface area (Å²) in [5.41, 5.74) is 3.22. The fourth-order valence-electron chi connectivity index (χ4n) is 4.58. The molecule has 0 aromatic heterocycles. The zero-order valence-electron chi connectivity index (χ0n) is 20.6. The minimum Gasteiger partial charge on any atom is -0.484 e. The predicted molar refractivity (Wildman–Crippen MR) is 149 cm³/mol. The smallest absolute Gasteiger partial charge is 0.262 e. The predicted octanol–water partition coefficient (Wildman–Crippen LogP) is 5.78. The molecule has 0 spiro atoms. The molecule has 1 aliphatic rings. The summed E-state index contributed by atoms with van der Waals surface area (Å²) >= 11 is 6.59. The number of aryl methyl sites for hydroxylation is 1.